The number of benzene rings is 2. The molecule has 192 valence electrons. The van der Waals surface area contributed by atoms with Crippen molar-refractivity contribution in [3.63, 3.8) is 0 Å². The normalized spacial score (nSPS) is 15.5. The third kappa shape index (κ3) is 5.61. The van der Waals surface area contributed by atoms with Crippen LogP contribution >= 0.6 is 11.3 Å². The van der Waals surface area contributed by atoms with Gasteiger partial charge in [-0.1, -0.05) is 36.7 Å². The van der Waals surface area contributed by atoms with Gasteiger partial charge in [-0.2, -0.15) is 9.30 Å². The Morgan fingerprint density at radius 2 is 1.81 bits per heavy atom. The Balaban J connectivity index is 1.63. The second-order valence-electron chi connectivity index (χ2n) is 9.00. The van der Waals surface area contributed by atoms with Gasteiger partial charge in [0, 0.05) is 18.7 Å². The van der Waals surface area contributed by atoms with Crippen LogP contribution in [0.3, 0.4) is 0 Å². The number of carbonyl (C=O) groups is 2. The van der Waals surface area contributed by atoms with Crippen molar-refractivity contribution in [2.45, 2.75) is 63.4 Å². The van der Waals surface area contributed by atoms with Crippen molar-refractivity contribution >= 4 is 43.5 Å². The van der Waals surface area contributed by atoms with E-state index in [2.05, 4.69) is 4.99 Å². The highest BCUT2D eigenvalue weighted by atomic mass is 32.2. The van der Waals surface area contributed by atoms with E-state index in [1.165, 1.54) is 39.9 Å². The van der Waals surface area contributed by atoms with Crippen LogP contribution in [-0.2, 0) is 26.1 Å². The van der Waals surface area contributed by atoms with Crippen LogP contribution in [0.25, 0.3) is 10.2 Å². The summed E-state index contributed by atoms with van der Waals surface area (Å²) >= 11 is 1.31. The number of hydrogen-bond acceptors (Lipinski definition) is 6. The van der Waals surface area contributed by atoms with Crippen LogP contribution in [-0.4, -0.2) is 48.9 Å². The number of rotatable bonds is 7. The minimum absolute atomic E-state index is 0.00602. The van der Waals surface area contributed by atoms with Gasteiger partial charge in [0.15, 0.2) is 4.80 Å². The van der Waals surface area contributed by atoms with E-state index in [1.54, 1.807) is 18.5 Å². The lowest BCUT2D eigenvalue weighted by molar-refractivity contribution is -0.143. The predicted octanol–water partition coefficient (Wildman–Crippen LogP) is 4.27. The van der Waals surface area contributed by atoms with Crippen molar-refractivity contribution in [2.24, 2.45) is 4.99 Å². The molecule has 36 heavy (non-hydrogen) atoms. The van der Waals surface area contributed by atoms with E-state index in [0.29, 0.717) is 4.80 Å². The molecule has 0 aliphatic heterocycles. The molecular weight excluding hydrogens is 498 g/mol. The molecule has 1 aliphatic carbocycles. The number of esters is 1. The van der Waals surface area contributed by atoms with Gasteiger partial charge in [-0.25, -0.2) is 8.42 Å². The van der Waals surface area contributed by atoms with Gasteiger partial charge in [0.25, 0.3) is 5.91 Å². The highest BCUT2D eigenvalue weighted by Crippen LogP contribution is 2.26. The van der Waals surface area contributed by atoms with E-state index in [9.17, 15) is 18.0 Å². The van der Waals surface area contributed by atoms with Gasteiger partial charge in [-0.05, 0) is 68.7 Å². The lowest BCUT2D eigenvalue weighted by Gasteiger charge is -2.30. The largest absolute Gasteiger partial charge is 0.465 e. The van der Waals surface area contributed by atoms with Crippen LogP contribution in [0.15, 0.2) is 52.4 Å². The topological polar surface area (TPSA) is 98.0 Å². The zero-order valence-electron chi connectivity index (χ0n) is 20.8. The van der Waals surface area contributed by atoms with E-state index in [1.807, 2.05) is 25.1 Å². The Morgan fingerprint density at radius 3 is 2.47 bits per heavy atom. The molecule has 1 saturated carbocycles. The molecule has 1 heterocycles. The maximum atomic E-state index is 13.1. The summed E-state index contributed by atoms with van der Waals surface area (Å²) in [5, 5.41) is 0. The van der Waals surface area contributed by atoms with Gasteiger partial charge >= 0.3 is 5.97 Å². The molecule has 1 aliphatic rings. The Labute approximate surface area is 215 Å². The number of aromatic nitrogens is 1. The maximum Gasteiger partial charge on any atom is 0.326 e. The summed E-state index contributed by atoms with van der Waals surface area (Å²) in [6.45, 7) is 3.91. The number of ether oxygens (including phenoxy) is 1. The van der Waals surface area contributed by atoms with Gasteiger partial charge in [0.1, 0.15) is 6.54 Å². The summed E-state index contributed by atoms with van der Waals surface area (Å²) in [5.74, 6) is -0.927. The summed E-state index contributed by atoms with van der Waals surface area (Å²) in [5.41, 5.74) is 2.11. The Morgan fingerprint density at radius 1 is 1.11 bits per heavy atom. The number of nitrogens with zero attached hydrogens (tertiary/aromatic N) is 3. The molecule has 1 amide bonds. The second kappa shape index (κ2) is 11.1. The lowest BCUT2D eigenvalue weighted by Crippen LogP contribution is -2.38. The average molecular weight is 530 g/mol. The summed E-state index contributed by atoms with van der Waals surface area (Å²) < 4.78 is 35.3. The van der Waals surface area contributed by atoms with Crippen LogP contribution in [0.2, 0.25) is 0 Å². The van der Waals surface area contributed by atoms with Crippen molar-refractivity contribution in [1.82, 2.24) is 8.87 Å². The van der Waals surface area contributed by atoms with Gasteiger partial charge in [-0.3, -0.25) is 9.59 Å². The number of fused-ring (bicyclic) bond motifs is 1. The third-order valence-corrected chi connectivity index (χ3v) is 9.46. The van der Waals surface area contributed by atoms with Crippen molar-refractivity contribution < 1.29 is 22.7 Å². The first kappa shape index (κ1) is 26.2. The Kier molecular flexibility index (Phi) is 8.07. The first-order valence-electron chi connectivity index (χ1n) is 12.1. The predicted molar refractivity (Wildman–Crippen MR) is 139 cm³/mol. The minimum atomic E-state index is -3.65. The minimum Gasteiger partial charge on any atom is -0.465 e. The first-order valence-corrected chi connectivity index (χ1v) is 14.4. The number of sulfonamides is 1. The molecule has 0 radical (unpaired) electrons. The molecular formula is C26H31N3O5S2. The average Bonchev–Trinajstić information content (AvgIpc) is 3.19. The molecule has 4 rings (SSSR count). The Bertz CT molecular complexity index is 1430. The standard InChI is InChI=1S/C26H31N3O5S2/c1-4-34-24(30)17-29-22-15-10-18(2)16-23(22)35-26(29)27-25(31)19-11-13-21(14-12-19)36(32,33)28(3)20-8-6-5-7-9-20/h10-16,20H,4-9,17H2,1-3H3. The zero-order chi connectivity index (χ0) is 25.9. The van der Waals surface area contributed by atoms with E-state index >= 15 is 0 Å². The zero-order valence-corrected chi connectivity index (χ0v) is 22.4. The number of amides is 1. The summed E-state index contributed by atoms with van der Waals surface area (Å²) in [6.07, 6.45) is 4.95. The van der Waals surface area contributed by atoms with Crippen LogP contribution in [0, 0.1) is 6.92 Å². The summed E-state index contributed by atoms with van der Waals surface area (Å²) in [6, 6.07) is 11.7. The molecule has 8 nitrogen and oxygen atoms in total. The molecule has 2 aromatic carbocycles. The van der Waals surface area contributed by atoms with Gasteiger partial charge in [-0.15, -0.1) is 0 Å². The highest BCUT2D eigenvalue weighted by molar-refractivity contribution is 7.89. The number of thiazole rings is 1. The van der Waals surface area contributed by atoms with Crippen LogP contribution < -0.4 is 4.80 Å². The van der Waals surface area contributed by atoms with Crippen molar-refractivity contribution in [3.05, 3.63) is 58.4 Å². The van der Waals surface area contributed by atoms with E-state index in [-0.39, 0.29) is 29.7 Å². The molecule has 1 aromatic heterocycles. The molecule has 0 atom stereocenters. The maximum absolute atomic E-state index is 13.1. The molecule has 10 heteroatoms. The first-order chi connectivity index (χ1) is 17.2. The molecule has 0 bridgehead atoms. The van der Waals surface area contributed by atoms with Crippen molar-refractivity contribution in [2.75, 3.05) is 13.7 Å². The fraction of sp³-hybridized carbons (Fsp3) is 0.423. The summed E-state index contributed by atoms with van der Waals surface area (Å²) in [7, 11) is -2.02. The third-order valence-electron chi connectivity index (χ3n) is 6.50. The lowest BCUT2D eigenvalue weighted by atomic mass is 9.96. The molecule has 1 fully saturated rings. The Hall–Kier alpha value is -2.82. The number of aryl methyl sites for hydroxylation is 1. The van der Waals surface area contributed by atoms with Crippen LogP contribution in [0.5, 0.6) is 0 Å². The van der Waals surface area contributed by atoms with Crippen LogP contribution in [0.1, 0.15) is 54.9 Å². The van der Waals surface area contributed by atoms with Crippen molar-refractivity contribution in [3.8, 4) is 0 Å². The highest BCUT2D eigenvalue weighted by Gasteiger charge is 2.29. The SMILES string of the molecule is CCOC(=O)Cn1c(=NC(=O)c2ccc(S(=O)(=O)N(C)C3CCCCC3)cc2)sc2cc(C)ccc21. The van der Waals surface area contributed by atoms with Gasteiger partial charge in [0.05, 0.1) is 21.7 Å². The molecule has 0 N–H and O–H groups in total. The van der Waals surface area contributed by atoms with Crippen molar-refractivity contribution in [1.29, 1.82) is 0 Å². The fourth-order valence-electron chi connectivity index (χ4n) is 4.48. The van der Waals surface area contributed by atoms with E-state index < -0.39 is 21.9 Å². The molecule has 0 spiro atoms. The van der Waals surface area contributed by atoms with Crippen LogP contribution in [0.4, 0.5) is 0 Å². The molecule has 3 aromatic rings. The monoisotopic (exact) mass is 529 g/mol. The molecule has 0 saturated heterocycles. The van der Waals surface area contributed by atoms with Gasteiger partial charge < -0.3 is 9.30 Å². The van der Waals surface area contributed by atoms with E-state index in [0.717, 1.165) is 47.9 Å². The van der Waals surface area contributed by atoms with E-state index in [4.69, 9.17) is 4.74 Å². The quantitative estimate of drug-likeness (QED) is 0.426. The fourth-order valence-corrected chi connectivity index (χ4v) is 7.02. The summed E-state index contributed by atoms with van der Waals surface area (Å²) in [4.78, 5) is 30.0. The smallest absolute Gasteiger partial charge is 0.326 e. The number of hydrogen-bond donors (Lipinski definition) is 0. The number of carbonyl (C=O) groups excluding carboxylic acids is 2. The molecule has 0 unspecified atom stereocenters. The van der Waals surface area contributed by atoms with Gasteiger partial charge in [0.2, 0.25) is 10.0 Å². The second-order valence-corrected chi connectivity index (χ2v) is 12.0.